The zero-order valence-electron chi connectivity index (χ0n) is 22.7. The summed E-state index contributed by atoms with van der Waals surface area (Å²) in [6.07, 6.45) is 0. The standard InChI is InChI=1S/C30H30N4O5S/c1-5-38-21-13-11-20(12-14-21)33-26(35)17-40-30-22(16-31)28(25-15-10-18(2)39-25)27(19(3)32-30)29(36)34-23-8-6-7-9-24(23)37-4/h6-15,28,32H,5,17H2,1-4H3,(H,33,35)(H,34,36)/t28-/m0/s1. The van der Waals surface area contributed by atoms with E-state index < -0.39 is 11.8 Å². The van der Waals surface area contributed by atoms with Crippen LogP contribution >= 0.6 is 11.8 Å². The van der Waals surface area contributed by atoms with Crippen LogP contribution in [0.15, 0.2) is 87.0 Å². The van der Waals surface area contributed by atoms with Crippen molar-refractivity contribution in [3.8, 4) is 17.6 Å². The van der Waals surface area contributed by atoms with E-state index in [0.29, 0.717) is 51.6 Å². The molecule has 1 aromatic heterocycles. The van der Waals surface area contributed by atoms with E-state index in [-0.39, 0.29) is 17.2 Å². The van der Waals surface area contributed by atoms with Crippen LogP contribution < -0.4 is 25.4 Å². The fourth-order valence-corrected chi connectivity index (χ4v) is 5.19. The Kier molecular flexibility index (Phi) is 9.19. The van der Waals surface area contributed by atoms with Gasteiger partial charge in [0.2, 0.25) is 5.91 Å². The molecular weight excluding hydrogens is 528 g/mol. The van der Waals surface area contributed by atoms with Crippen LogP contribution in [0.3, 0.4) is 0 Å². The number of carbonyl (C=O) groups excluding carboxylic acids is 2. The summed E-state index contributed by atoms with van der Waals surface area (Å²) in [5, 5.41) is 19.7. The average Bonchev–Trinajstić information content (AvgIpc) is 3.38. The van der Waals surface area contributed by atoms with Crippen LogP contribution in [0.5, 0.6) is 11.5 Å². The van der Waals surface area contributed by atoms with Gasteiger partial charge < -0.3 is 29.8 Å². The summed E-state index contributed by atoms with van der Waals surface area (Å²) in [5.74, 6) is 0.957. The highest BCUT2D eigenvalue weighted by atomic mass is 32.2. The number of methoxy groups -OCH3 is 1. The Morgan fingerprint density at radius 1 is 1.07 bits per heavy atom. The van der Waals surface area contributed by atoms with E-state index in [2.05, 4.69) is 22.0 Å². The molecule has 3 N–H and O–H groups in total. The third-order valence-corrected chi connectivity index (χ3v) is 7.11. The van der Waals surface area contributed by atoms with Crippen LogP contribution in [0, 0.1) is 18.3 Å². The molecule has 2 heterocycles. The normalized spacial score (nSPS) is 14.7. The molecular formula is C30H30N4O5S. The first kappa shape index (κ1) is 28.4. The highest BCUT2D eigenvalue weighted by Gasteiger charge is 2.37. The average molecular weight is 559 g/mol. The molecule has 0 aliphatic carbocycles. The van der Waals surface area contributed by atoms with E-state index in [1.807, 2.05) is 13.0 Å². The fourth-order valence-electron chi connectivity index (χ4n) is 4.29. The van der Waals surface area contributed by atoms with Crippen molar-refractivity contribution < 1.29 is 23.5 Å². The number of carbonyl (C=O) groups is 2. The van der Waals surface area contributed by atoms with E-state index in [1.165, 1.54) is 18.9 Å². The van der Waals surface area contributed by atoms with E-state index in [0.717, 1.165) is 5.75 Å². The minimum absolute atomic E-state index is 0.0423. The monoisotopic (exact) mass is 558 g/mol. The Hall–Kier alpha value is -4.62. The second-order valence-electron chi connectivity index (χ2n) is 8.85. The number of hydrogen-bond donors (Lipinski definition) is 3. The lowest BCUT2D eigenvalue weighted by atomic mass is 9.85. The molecule has 1 atom stereocenters. The molecule has 10 heteroatoms. The number of rotatable bonds is 10. The second kappa shape index (κ2) is 13.0. The first-order valence-corrected chi connectivity index (χ1v) is 13.6. The van der Waals surface area contributed by atoms with Crippen LogP contribution in [0.1, 0.15) is 31.3 Å². The topological polar surface area (TPSA) is 126 Å². The molecule has 0 radical (unpaired) electrons. The van der Waals surface area contributed by atoms with Crippen LogP contribution in [-0.4, -0.2) is 31.3 Å². The summed E-state index contributed by atoms with van der Waals surface area (Å²) in [7, 11) is 1.53. The van der Waals surface area contributed by atoms with E-state index in [9.17, 15) is 14.9 Å². The molecule has 1 aliphatic rings. The molecule has 2 aromatic carbocycles. The van der Waals surface area contributed by atoms with E-state index in [1.54, 1.807) is 68.4 Å². The highest BCUT2D eigenvalue weighted by Crippen LogP contribution is 2.42. The van der Waals surface area contributed by atoms with Crippen molar-refractivity contribution in [1.29, 1.82) is 5.26 Å². The zero-order valence-corrected chi connectivity index (χ0v) is 23.5. The van der Waals surface area contributed by atoms with Gasteiger partial charge in [0.1, 0.15) is 23.0 Å². The number of ether oxygens (including phenoxy) is 2. The molecule has 4 rings (SSSR count). The molecule has 2 amide bonds. The van der Waals surface area contributed by atoms with Gasteiger partial charge in [-0.25, -0.2) is 0 Å². The van der Waals surface area contributed by atoms with Gasteiger partial charge in [-0.05, 0) is 69.3 Å². The third-order valence-electron chi connectivity index (χ3n) is 6.09. The largest absolute Gasteiger partial charge is 0.495 e. The summed E-state index contributed by atoms with van der Waals surface area (Å²) >= 11 is 1.18. The van der Waals surface area contributed by atoms with Crippen LogP contribution in [-0.2, 0) is 9.59 Å². The van der Waals surface area contributed by atoms with E-state index in [4.69, 9.17) is 13.9 Å². The Morgan fingerprint density at radius 3 is 2.48 bits per heavy atom. The van der Waals surface area contributed by atoms with Crippen LogP contribution in [0.4, 0.5) is 11.4 Å². The number of para-hydroxylation sites is 2. The fraction of sp³-hybridized carbons (Fsp3) is 0.233. The summed E-state index contributed by atoms with van der Waals surface area (Å²) in [4.78, 5) is 26.4. The molecule has 9 nitrogen and oxygen atoms in total. The lowest BCUT2D eigenvalue weighted by Crippen LogP contribution is -2.31. The van der Waals surface area contributed by atoms with Crippen molar-refractivity contribution in [1.82, 2.24) is 5.32 Å². The van der Waals surface area contributed by atoms with E-state index >= 15 is 0 Å². The van der Waals surface area contributed by atoms with Crippen molar-refractivity contribution in [3.63, 3.8) is 0 Å². The molecule has 0 unspecified atom stereocenters. The molecule has 0 fully saturated rings. The van der Waals surface area contributed by atoms with Crippen LogP contribution in [0.25, 0.3) is 0 Å². The molecule has 0 spiro atoms. The number of thioether (sulfide) groups is 1. The maximum Gasteiger partial charge on any atom is 0.254 e. The smallest absolute Gasteiger partial charge is 0.254 e. The number of nitriles is 1. The predicted octanol–water partition coefficient (Wildman–Crippen LogP) is 5.70. The maximum absolute atomic E-state index is 13.6. The highest BCUT2D eigenvalue weighted by molar-refractivity contribution is 8.03. The SMILES string of the molecule is CCOc1ccc(NC(=O)CSC2=C(C#N)[C@@H](c3ccc(C)o3)C(C(=O)Nc3ccccc3OC)=C(C)N2)cc1. The number of aryl methyl sites for hydroxylation is 1. The molecule has 1 aliphatic heterocycles. The van der Waals surface area contributed by atoms with Gasteiger partial charge in [-0.15, -0.1) is 0 Å². The second-order valence-corrected chi connectivity index (χ2v) is 9.83. The summed E-state index contributed by atoms with van der Waals surface area (Å²) in [6.45, 7) is 6.02. The third kappa shape index (κ3) is 6.50. The van der Waals surface area contributed by atoms with Crippen molar-refractivity contribution in [2.45, 2.75) is 26.7 Å². The van der Waals surface area contributed by atoms with Gasteiger partial charge in [-0.3, -0.25) is 9.59 Å². The number of amides is 2. The van der Waals surface area contributed by atoms with Gasteiger partial charge in [-0.1, -0.05) is 23.9 Å². The molecule has 0 saturated heterocycles. The Labute approximate surface area is 237 Å². The van der Waals surface area contributed by atoms with Gasteiger partial charge in [-0.2, -0.15) is 5.26 Å². The number of furan rings is 1. The number of dihydropyridines is 1. The van der Waals surface area contributed by atoms with Gasteiger partial charge in [0.05, 0.1) is 53.3 Å². The number of anilines is 2. The Balaban J connectivity index is 1.57. The van der Waals surface area contributed by atoms with Crippen molar-refractivity contribution >= 4 is 35.0 Å². The van der Waals surface area contributed by atoms with Crippen LogP contribution in [0.2, 0.25) is 0 Å². The lowest BCUT2D eigenvalue weighted by Gasteiger charge is -2.28. The quantitative estimate of drug-likeness (QED) is 0.289. The van der Waals surface area contributed by atoms with Crippen molar-refractivity contribution in [2.75, 3.05) is 30.1 Å². The first-order chi connectivity index (χ1) is 19.3. The summed E-state index contributed by atoms with van der Waals surface area (Å²) in [5.41, 5.74) is 2.29. The minimum Gasteiger partial charge on any atom is -0.495 e. The number of nitrogens with zero attached hydrogens (tertiary/aromatic N) is 1. The summed E-state index contributed by atoms with van der Waals surface area (Å²) in [6, 6.07) is 20.0. The maximum atomic E-state index is 13.6. The number of benzene rings is 2. The first-order valence-electron chi connectivity index (χ1n) is 12.6. The zero-order chi connectivity index (χ0) is 28.6. The number of nitrogens with one attached hydrogen (secondary N) is 3. The predicted molar refractivity (Wildman–Crippen MR) is 155 cm³/mol. The van der Waals surface area contributed by atoms with Crippen molar-refractivity contribution in [3.05, 3.63) is 94.1 Å². The minimum atomic E-state index is -0.772. The van der Waals surface area contributed by atoms with Gasteiger partial charge in [0.15, 0.2) is 0 Å². The van der Waals surface area contributed by atoms with Gasteiger partial charge in [0.25, 0.3) is 5.91 Å². The lowest BCUT2D eigenvalue weighted by molar-refractivity contribution is -0.114. The Bertz CT molecular complexity index is 1500. The molecule has 0 saturated carbocycles. The number of hydrogen-bond acceptors (Lipinski definition) is 8. The number of allylic oxidation sites excluding steroid dienone is 2. The Morgan fingerprint density at radius 2 is 1.82 bits per heavy atom. The van der Waals surface area contributed by atoms with Gasteiger partial charge in [0, 0.05) is 11.4 Å². The molecule has 40 heavy (non-hydrogen) atoms. The molecule has 206 valence electrons. The molecule has 0 bridgehead atoms. The van der Waals surface area contributed by atoms with Crippen molar-refractivity contribution in [2.24, 2.45) is 0 Å². The molecule has 3 aromatic rings. The summed E-state index contributed by atoms with van der Waals surface area (Å²) < 4.78 is 16.7. The van der Waals surface area contributed by atoms with Gasteiger partial charge >= 0.3 is 0 Å².